The molecule has 4 rings (SSSR count). The van der Waals surface area contributed by atoms with Crippen molar-refractivity contribution in [1.82, 2.24) is 4.98 Å². The lowest BCUT2D eigenvalue weighted by molar-refractivity contribution is 0.168. The molecule has 160 valence electrons. The number of benzene rings is 3. The number of hydrogen-bond donors (Lipinski definition) is 1. The molecule has 0 saturated carbocycles. The van der Waals surface area contributed by atoms with Crippen molar-refractivity contribution in [2.45, 2.75) is 25.9 Å². The molecule has 0 bridgehead atoms. The molecule has 0 fully saturated rings. The van der Waals surface area contributed by atoms with E-state index in [2.05, 4.69) is 23.7 Å². The van der Waals surface area contributed by atoms with Gasteiger partial charge in [0.2, 0.25) is 0 Å². The standard InChI is InChI=1S/C29H26ClNO/c1-20(2)27-9-4-3-7-22(27)13-17-29(32)24-8-5-6-21(18-24)10-15-26-16-12-23-11-14-25(30)19-28(23)31-26/h3-12,14-16,18-19,29,32H,1,13,17H2,2H3/t29-/m0/s1. The summed E-state index contributed by atoms with van der Waals surface area (Å²) in [5.74, 6) is 0. The Morgan fingerprint density at radius 1 is 1.00 bits per heavy atom. The van der Waals surface area contributed by atoms with E-state index in [1.807, 2.05) is 85.8 Å². The van der Waals surface area contributed by atoms with Crippen LogP contribution in [0.5, 0.6) is 0 Å². The highest BCUT2D eigenvalue weighted by Crippen LogP contribution is 2.25. The minimum atomic E-state index is -0.525. The van der Waals surface area contributed by atoms with E-state index in [0.29, 0.717) is 11.4 Å². The minimum Gasteiger partial charge on any atom is -0.388 e. The average Bonchev–Trinajstić information content (AvgIpc) is 2.81. The van der Waals surface area contributed by atoms with Gasteiger partial charge in [-0.1, -0.05) is 84.4 Å². The fourth-order valence-corrected chi connectivity index (χ4v) is 4.03. The second-order valence-corrected chi connectivity index (χ2v) is 8.50. The van der Waals surface area contributed by atoms with Gasteiger partial charge >= 0.3 is 0 Å². The molecule has 0 aliphatic rings. The normalized spacial score (nSPS) is 12.3. The lowest BCUT2D eigenvalue weighted by Gasteiger charge is -2.14. The smallest absolute Gasteiger partial charge is 0.0793 e. The summed E-state index contributed by atoms with van der Waals surface area (Å²) in [6, 6.07) is 26.0. The summed E-state index contributed by atoms with van der Waals surface area (Å²) in [6.07, 6.45) is 4.93. The lowest BCUT2D eigenvalue weighted by Crippen LogP contribution is -2.01. The van der Waals surface area contributed by atoms with Gasteiger partial charge in [0.05, 0.1) is 17.3 Å². The average molecular weight is 440 g/mol. The van der Waals surface area contributed by atoms with E-state index >= 15 is 0 Å². The van der Waals surface area contributed by atoms with Crippen LogP contribution in [-0.2, 0) is 6.42 Å². The molecule has 0 spiro atoms. The SMILES string of the molecule is C=C(C)c1ccccc1CC[C@H](O)c1cccc(C=Cc2ccc3ccc(Cl)cc3n2)c1. The van der Waals surface area contributed by atoms with Crippen molar-refractivity contribution in [3.05, 3.63) is 118 Å². The van der Waals surface area contributed by atoms with E-state index in [1.165, 1.54) is 11.1 Å². The quantitative estimate of drug-likeness (QED) is 0.319. The first-order chi connectivity index (χ1) is 15.5. The van der Waals surface area contributed by atoms with Gasteiger partial charge in [0, 0.05) is 10.4 Å². The number of allylic oxidation sites excluding steroid dienone is 1. The first-order valence-corrected chi connectivity index (χ1v) is 11.1. The number of aromatic nitrogens is 1. The zero-order valence-electron chi connectivity index (χ0n) is 18.1. The predicted octanol–water partition coefficient (Wildman–Crippen LogP) is 7.76. The highest BCUT2D eigenvalue weighted by molar-refractivity contribution is 6.31. The summed E-state index contributed by atoms with van der Waals surface area (Å²) < 4.78 is 0. The van der Waals surface area contributed by atoms with Gasteiger partial charge in [-0.05, 0) is 72.4 Å². The fourth-order valence-electron chi connectivity index (χ4n) is 3.86. The monoisotopic (exact) mass is 439 g/mol. The van der Waals surface area contributed by atoms with Crippen LogP contribution in [0.4, 0.5) is 0 Å². The van der Waals surface area contributed by atoms with Gasteiger partial charge < -0.3 is 5.11 Å². The molecule has 0 unspecified atom stereocenters. The summed E-state index contributed by atoms with van der Waals surface area (Å²) in [5, 5.41) is 12.5. The maximum atomic E-state index is 10.8. The van der Waals surface area contributed by atoms with E-state index in [-0.39, 0.29) is 0 Å². The van der Waals surface area contributed by atoms with Crippen LogP contribution >= 0.6 is 11.6 Å². The molecule has 0 aliphatic heterocycles. The van der Waals surface area contributed by atoms with Crippen LogP contribution in [0.3, 0.4) is 0 Å². The molecule has 4 aromatic rings. The number of fused-ring (bicyclic) bond motifs is 1. The Morgan fingerprint density at radius 3 is 2.66 bits per heavy atom. The number of halogens is 1. The fraction of sp³-hybridized carbons (Fsp3) is 0.138. The molecule has 0 aliphatic carbocycles. The Hall–Kier alpha value is -3.20. The molecule has 2 nitrogen and oxygen atoms in total. The van der Waals surface area contributed by atoms with Crippen molar-refractivity contribution >= 4 is 40.2 Å². The molecule has 0 saturated heterocycles. The molecule has 1 heterocycles. The van der Waals surface area contributed by atoms with Crippen molar-refractivity contribution in [2.75, 3.05) is 0 Å². The molecule has 3 heteroatoms. The van der Waals surface area contributed by atoms with E-state index in [0.717, 1.165) is 39.7 Å². The summed E-state index contributed by atoms with van der Waals surface area (Å²) in [5.41, 5.74) is 7.11. The lowest BCUT2D eigenvalue weighted by atomic mass is 9.95. The van der Waals surface area contributed by atoms with Crippen molar-refractivity contribution < 1.29 is 5.11 Å². The maximum absolute atomic E-state index is 10.8. The summed E-state index contributed by atoms with van der Waals surface area (Å²) in [7, 11) is 0. The molecule has 1 aromatic heterocycles. The summed E-state index contributed by atoms with van der Waals surface area (Å²) >= 11 is 6.09. The number of pyridine rings is 1. The molecule has 3 aromatic carbocycles. The number of hydrogen-bond acceptors (Lipinski definition) is 2. The summed E-state index contributed by atoms with van der Waals surface area (Å²) in [4.78, 5) is 4.67. The first-order valence-electron chi connectivity index (χ1n) is 10.8. The highest BCUT2D eigenvalue weighted by Gasteiger charge is 2.10. The Kier molecular flexibility index (Phi) is 6.84. The zero-order valence-corrected chi connectivity index (χ0v) is 18.9. The Balaban J connectivity index is 1.47. The third kappa shape index (κ3) is 5.34. The van der Waals surface area contributed by atoms with Gasteiger partial charge in [-0.25, -0.2) is 4.98 Å². The topological polar surface area (TPSA) is 33.1 Å². The van der Waals surface area contributed by atoms with Crippen LogP contribution in [-0.4, -0.2) is 10.1 Å². The van der Waals surface area contributed by atoms with Crippen molar-refractivity contribution in [3.63, 3.8) is 0 Å². The molecule has 1 N–H and O–H groups in total. The molecule has 0 radical (unpaired) electrons. The molecular weight excluding hydrogens is 414 g/mol. The van der Waals surface area contributed by atoms with Crippen LogP contribution in [0.25, 0.3) is 28.6 Å². The van der Waals surface area contributed by atoms with Crippen LogP contribution in [0.1, 0.15) is 47.4 Å². The van der Waals surface area contributed by atoms with E-state index in [9.17, 15) is 5.11 Å². The van der Waals surface area contributed by atoms with Crippen molar-refractivity contribution in [2.24, 2.45) is 0 Å². The van der Waals surface area contributed by atoms with Gasteiger partial charge in [0.1, 0.15) is 0 Å². The number of nitrogens with zero attached hydrogens (tertiary/aromatic N) is 1. The predicted molar refractivity (Wildman–Crippen MR) is 137 cm³/mol. The van der Waals surface area contributed by atoms with E-state index < -0.39 is 6.10 Å². The largest absolute Gasteiger partial charge is 0.388 e. The van der Waals surface area contributed by atoms with Crippen molar-refractivity contribution in [3.8, 4) is 0 Å². The Bertz CT molecular complexity index is 1290. The van der Waals surface area contributed by atoms with Crippen molar-refractivity contribution in [1.29, 1.82) is 0 Å². The van der Waals surface area contributed by atoms with Gasteiger partial charge in [0.25, 0.3) is 0 Å². The Labute approximate surface area is 194 Å². The van der Waals surface area contributed by atoms with Crippen LogP contribution < -0.4 is 0 Å². The third-order valence-electron chi connectivity index (χ3n) is 5.58. The number of aryl methyl sites for hydroxylation is 1. The van der Waals surface area contributed by atoms with Gasteiger partial charge in [-0.3, -0.25) is 0 Å². The van der Waals surface area contributed by atoms with Crippen LogP contribution in [0, 0.1) is 0 Å². The molecular formula is C29H26ClNO. The highest BCUT2D eigenvalue weighted by atomic mass is 35.5. The van der Waals surface area contributed by atoms with Crippen LogP contribution in [0.15, 0.2) is 85.4 Å². The van der Waals surface area contributed by atoms with Gasteiger partial charge in [-0.15, -0.1) is 0 Å². The van der Waals surface area contributed by atoms with E-state index in [1.54, 1.807) is 0 Å². The maximum Gasteiger partial charge on any atom is 0.0793 e. The number of aliphatic hydroxyl groups excluding tert-OH is 1. The number of aliphatic hydroxyl groups is 1. The Morgan fingerprint density at radius 2 is 1.81 bits per heavy atom. The second kappa shape index (κ2) is 9.95. The zero-order chi connectivity index (χ0) is 22.5. The molecule has 32 heavy (non-hydrogen) atoms. The van der Waals surface area contributed by atoms with Gasteiger partial charge in [0.15, 0.2) is 0 Å². The van der Waals surface area contributed by atoms with Gasteiger partial charge in [-0.2, -0.15) is 0 Å². The van der Waals surface area contributed by atoms with E-state index in [4.69, 9.17) is 11.6 Å². The van der Waals surface area contributed by atoms with Crippen LogP contribution in [0.2, 0.25) is 5.02 Å². The molecule has 0 amide bonds. The minimum absolute atomic E-state index is 0.525. The first kappa shape index (κ1) is 22.0. The third-order valence-corrected chi connectivity index (χ3v) is 5.82. The number of rotatable bonds is 7. The second-order valence-electron chi connectivity index (χ2n) is 8.07. The molecule has 1 atom stereocenters. The summed E-state index contributed by atoms with van der Waals surface area (Å²) in [6.45, 7) is 6.09.